The Bertz CT molecular complexity index is 502. The highest BCUT2D eigenvalue weighted by Gasteiger charge is 2.43. The summed E-state index contributed by atoms with van der Waals surface area (Å²) in [6, 6.07) is 0. The third kappa shape index (κ3) is 6.59. The monoisotopic (exact) mass is 426 g/mol. The Morgan fingerprint density at radius 3 is 1.50 bits per heavy atom. The quantitative estimate of drug-likeness (QED) is 0.497. The van der Waals surface area contributed by atoms with Gasteiger partial charge in [0.25, 0.3) is 0 Å². The molecule has 2 fully saturated rings. The Balaban J connectivity index is 2.07. The van der Waals surface area contributed by atoms with Crippen LogP contribution in [-0.2, 0) is 9.47 Å². The molecule has 2 saturated carbocycles. The predicted molar refractivity (Wildman–Crippen MR) is 119 cm³/mol. The van der Waals surface area contributed by atoms with Crippen molar-refractivity contribution in [1.29, 1.82) is 0 Å². The third-order valence-corrected chi connectivity index (χ3v) is 8.14. The van der Waals surface area contributed by atoms with Crippen molar-refractivity contribution in [2.24, 2.45) is 34.5 Å². The number of aliphatic hydroxyl groups is 2. The highest BCUT2D eigenvalue weighted by atomic mass is 16.7. The highest BCUT2D eigenvalue weighted by molar-refractivity contribution is 5.60. The number of hydrogen-bond donors (Lipinski definition) is 2. The molecule has 0 aromatic heterocycles. The van der Waals surface area contributed by atoms with Crippen LogP contribution >= 0.6 is 0 Å². The van der Waals surface area contributed by atoms with Gasteiger partial charge >= 0.3 is 6.16 Å². The van der Waals surface area contributed by atoms with E-state index in [1.807, 2.05) is 0 Å². The molecule has 5 nitrogen and oxygen atoms in total. The van der Waals surface area contributed by atoms with E-state index in [0.717, 1.165) is 51.4 Å². The second-order valence-electron chi connectivity index (χ2n) is 11.4. The zero-order chi connectivity index (χ0) is 22.5. The van der Waals surface area contributed by atoms with Gasteiger partial charge in [0.2, 0.25) is 0 Å². The van der Waals surface area contributed by atoms with Crippen molar-refractivity contribution in [2.75, 3.05) is 13.2 Å². The first-order valence-corrected chi connectivity index (χ1v) is 12.1. The summed E-state index contributed by atoms with van der Waals surface area (Å²) < 4.78 is 11.9. The topological polar surface area (TPSA) is 76.0 Å². The Morgan fingerprint density at radius 2 is 1.20 bits per heavy atom. The van der Waals surface area contributed by atoms with Crippen LogP contribution in [0.5, 0.6) is 0 Å². The maximum Gasteiger partial charge on any atom is 0.508 e. The van der Waals surface area contributed by atoms with Crippen LogP contribution in [0.25, 0.3) is 0 Å². The zero-order valence-electron chi connectivity index (χ0n) is 20.2. The largest absolute Gasteiger partial charge is 0.508 e. The van der Waals surface area contributed by atoms with Gasteiger partial charge in [0.15, 0.2) is 0 Å². The number of rotatable bonds is 8. The van der Waals surface area contributed by atoms with Gasteiger partial charge in [-0.2, -0.15) is 0 Å². The standard InChI is InChI=1S/C25H46O5/c1-17(2)19-7-9-24(5,11-13-26)15-21(19)29-23(28)30-22-16-25(6,12-14-27)10-8-20(22)18(3)4/h17-22,26-27H,7-16H2,1-6H3. The van der Waals surface area contributed by atoms with Crippen LogP contribution in [0.4, 0.5) is 4.79 Å². The van der Waals surface area contributed by atoms with Crippen molar-refractivity contribution in [2.45, 2.75) is 105 Å². The van der Waals surface area contributed by atoms with Crippen LogP contribution in [0.1, 0.15) is 92.9 Å². The molecular weight excluding hydrogens is 380 g/mol. The fourth-order valence-electron chi connectivity index (χ4n) is 5.93. The number of carbonyl (C=O) groups excluding carboxylic acids is 1. The minimum atomic E-state index is -0.539. The Labute approximate surface area is 183 Å². The fourth-order valence-corrected chi connectivity index (χ4v) is 5.93. The number of carbonyl (C=O) groups is 1. The van der Waals surface area contributed by atoms with Crippen molar-refractivity contribution in [3.05, 3.63) is 0 Å². The minimum Gasteiger partial charge on any atom is -0.431 e. The lowest BCUT2D eigenvalue weighted by molar-refractivity contribution is -0.0913. The Kier molecular flexibility index (Phi) is 9.05. The summed E-state index contributed by atoms with van der Waals surface area (Å²) >= 11 is 0. The number of aliphatic hydroxyl groups excluding tert-OH is 2. The SMILES string of the molecule is CC(C)C1CCC(C)(CCO)CC1OC(=O)OC1CC(C)(CCO)CCC1C(C)C. The lowest BCUT2D eigenvalue weighted by Gasteiger charge is -2.45. The summed E-state index contributed by atoms with van der Waals surface area (Å²) in [6.07, 6.45) is 6.33. The molecule has 176 valence electrons. The number of ether oxygens (including phenoxy) is 2. The maximum atomic E-state index is 12.9. The highest BCUT2D eigenvalue weighted by Crippen LogP contribution is 2.46. The van der Waals surface area contributed by atoms with Gasteiger partial charge in [-0.05, 0) is 85.9 Å². The second kappa shape index (κ2) is 10.7. The molecule has 2 aliphatic carbocycles. The van der Waals surface area contributed by atoms with Crippen LogP contribution in [0.3, 0.4) is 0 Å². The molecule has 6 unspecified atom stereocenters. The predicted octanol–water partition coefficient (Wildman–Crippen LogP) is 5.57. The van der Waals surface area contributed by atoms with Crippen molar-refractivity contribution in [3.63, 3.8) is 0 Å². The van der Waals surface area contributed by atoms with E-state index in [2.05, 4.69) is 41.5 Å². The van der Waals surface area contributed by atoms with E-state index in [4.69, 9.17) is 9.47 Å². The summed E-state index contributed by atoms with van der Waals surface area (Å²) in [6.45, 7) is 13.5. The van der Waals surface area contributed by atoms with Crippen LogP contribution < -0.4 is 0 Å². The molecule has 0 amide bonds. The average molecular weight is 427 g/mol. The van der Waals surface area contributed by atoms with Gasteiger partial charge in [-0.25, -0.2) is 4.79 Å². The van der Waals surface area contributed by atoms with Crippen molar-refractivity contribution >= 4 is 6.16 Å². The van der Waals surface area contributed by atoms with E-state index < -0.39 is 6.16 Å². The van der Waals surface area contributed by atoms with Gasteiger partial charge in [-0.15, -0.1) is 0 Å². The Hall–Kier alpha value is -0.810. The molecule has 2 aliphatic rings. The summed E-state index contributed by atoms with van der Waals surface area (Å²) in [5.41, 5.74) is 0.0200. The molecule has 0 aliphatic heterocycles. The lowest BCUT2D eigenvalue weighted by atomic mass is 9.66. The molecule has 0 bridgehead atoms. The zero-order valence-corrected chi connectivity index (χ0v) is 20.2. The van der Waals surface area contributed by atoms with Crippen LogP contribution in [-0.4, -0.2) is 41.8 Å². The summed E-state index contributed by atoms with van der Waals surface area (Å²) in [7, 11) is 0. The van der Waals surface area contributed by atoms with E-state index in [-0.39, 0.29) is 36.3 Å². The molecule has 6 atom stereocenters. The van der Waals surface area contributed by atoms with E-state index in [1.54, 1.807) is 0 Å². The lowest BCUT2D eigenvalue weighted by Crippen LogP contribution is -2.44. The molecule has 0 aromatic rings. The van der Waals surface area contributed by atoms with Gasteiger partial charge in [0, 0.05) is 13.2 Å². The van der Waals surface area contributed by atoms with Crippen LogP contribution in [0.15, 0.2) is 0 Å². The fraction of sp³-hybridized carbons (Fsp3) is 0.960. The molecule has 5 heteroatoms. The molecule has 30 heavy (non-hydrogen) atoms. The molecule has 2 N–H and O–H groups in total. The molecular formula is C25H46O5. The summed E-state index contributed by atoms with van der Waals surface area (Å²) in [5.74, 6) is 1.53. The molecule has 0 aromatic carbocycles. The van der Waals surface area contributed by atoms with Crippen molar-refractivity contribution in [1.82, 2.24) is 0 Å². The van der Waals surface area contributed by atoms with Gasteiger partial charge < -0.3 is 19.7 Å². The first kappa shape index (κ1) is 25.5. The molecule has 0 heterocycles. The molecule has 0 spiro atoms. The Morgan fingerprint density at radius 1 is 0.833 bits per heavy atom. The maximum absolute atomic E-state index is 12.9. The van der Waals surface area contributed by atoms with Gasteiger partial charge in [0.05, 0.1) is 0 Å². The molecule has 0 saturated heterocycles. The van der Waals surface area contributed by atoms with Gasteiger partial charge in [0.1, 0.15) is 12.2 Å². The van der Waals surface area contributed by atoms with E-state index >= 15 is 0 Å². The van der Waals surface area contributed by atoms with E-state index in [0.29, 0.717) is 23.7 Å². The second-order valence-corrected chi connectivity index (χ2v) is 11.4. The van der Waals surface area contributed by atoms with Crippen LogP contribution in [0.2, 0.25) is 0 Å². The smallest absolute Gasteiger partial charge is 0.431 e. The molecule has 2 rings (SSSR count). The van der Waals surface area contributed by atoms with Crippen molar-refractivity contribution < 1.29 is 24.5 Å². The third-order valence-electron chi connectivity index (χ3n) is 8.14. The van der Waals surface area contributed by atoms with Crippen molar-refractivity contribution in [3.8, 4) is 0 Å². The van der Waals surface area contributed by atoms with Gasteiger partial charge in [-0.1, -0.05) is 41.5 Å². The normalized spacial score (nSPS) is 37.4. The van der Waals surface area contributed by atoms with Gasteiger partial charge in [-0.3, -0.25) is 0 Å². The number of hydrogen-bond acceptors (Lipinski definition) is 5. The average Bonchev–Trinajstić information content (AvgIpc) is 2.61. The first-order valence-electron chi connectivity index (χ1n) is 12.1. The van der Waals surface area contributed by atoms with Crippen LogP contribution in [0, 0.1) is 34.5 Å². The minimum absolute atomic E-state index is 0.0100. The first-order chi connectivity index (χ1) is 14.0. The van der Waals surface area contributed by atoms with E-state index in [1.165, 1.54) is 0 Å². The molecule has 0 radical (unpaired) electrons. The summed E-state index contributed by atoms with van der Waals surface area (Å²) in [5, 5.41) is 18.9. The summed E-state index contributed by atoms with van der Waals surface area (Å²) in [4.78, 5) is 12.9. The van der Waals surface area contributed by atoms with E-state index in [9.17, 15) is 15.0 Å².